The molecule has 0 amide bonds. The third-order valence-electron chi connectivity index (χ3n) is 2.34. The highest BCUT2D eigenvalue weighted by Gasteiger charge is 2.13. The van der Waals surface area contributed by atoms with Crippen molar-refractivity contribution in [2.75, 3.05) is 5.73 Å². The Labute approximate surface area is 106 Å². The van der Waals surface area contributed by atoms with E-state index >= 15 is 0 Å². The largest absolute Gasteiger partial charge is 0.452 e. The maximum absolute atomic E-state index is 13.4. The maximum Gasteiger partial charge on any atom is 0.271 e. The zero-order chi connectivity index (χ0) is 14.0. The molecule has 0 saturated carbocycles. The van der Waals surface area contributed by atoms with E-state index in [1.807, 2.05) is 0 Å². The predicted octanol–water partition coefficient (Wildman–Crippen LogP) is 3.25. The number of nitro groups is 1. The Morgan fingerprint density at radius 1 is 1.16 bits per heavy atom. The molecule has 2 rings (SSSR count). The van der Waals surface area contributed by atoms with Gasteiger partial charge in [-0.15, -0.1) is 0 Å². The van der Waals surface area contributed by atoms with Gasteiger partial charge in [-0.25, -0.2) is 4.39 Å². The molecule has 5 nitrogen and oxygen atoms in total. The summed E-state index contributed by atoms with van der Waals surface area (Å²) in [6, 6.07) is 6.89. The molecule has 0 aliphatic rings. The normalized spacial score (nSPS) is 10.2. The molecule has 0 aliphatic heterocycles. The molecule has 0 spiro atoms. The minimum atomic E-state index is -1.15. The number of nitrogens with two attached hydrogens (primary N) is 1. The monoisotopic (exact) mass is 266 g/mol. The Hall–Kier alpha value is -2.70. The maximum atomic E-state index is 13.4. The fraction of sp³-hybridized carbons (Fsp3) is 0. The smallest absolute Gasteiger partial charge is 0.271 e. The zero-order valence-corrected chi connectivity index (χ0v) is 9.47. The average molecular weight is 266 g/mol. The standard InChI is InChI=1S/C12H8F2N2O3/c13-8-2-1-3-11(12(8)14)19-10-5-4-7(16(17)18)6-9(10)15/h1-6H,15H2. The summed E-state index contributed by atoms with van der Waals surface area (Å²) < 4.78 is 31.4. The molecule has 0 unspecified atom stereocenters. The van der Waals surface area contributed by atoms with Gasteiger partial charge in [0.15, 0.2) is 17.3 Å². The molecule has 98 valence electrons. The van der Waals surface area contributed by atoms with Crippen LogP contribution in [0.2, 0.25) is 0 Å². The fourth-order valence-corrected chi connectivity index (χ4v) is 1.42. The van der Waals surface area contributed by atoms with E-state index in [0.717, 1.165) is 18.2 Å². The van der Waals surface area contributed by atoms with Crippen molar-refractivity contribution in [1.82, 2.24) is 0 Å². The lowest BCUT2D eigenvalue weighted by atomic mass is 10.2. The molecule has 0 bridgehead atoms. The average Bonchev–Trinajstić information content (AvgIpc) is 2.37. The number of hydrogen-bond acceptors (Lipinski definition) is 4. The molecule has 0 fully saturated rings. The Morgan fingerprint density at radius 3 is 2.53 bits per heavy atom. The number of nitrogen functional groups attached to an aromatic ring is 1. The van der Waals surface area contributed by atoms with Gasteiger partial charge in [0.2, 0.25) is 5.82 Å². The quantitative estimate of drug-likeness (QED) is 0.525. The van der Waals surface area contributed by atoms with Crippen LogP contribution < -0.4 is 10.5 Å². The summed E-state index contributed by atoms with van der Waals surface area (Å²) in [7, 11) is 0. The Morgan fingerprint density at radius 2 is 1.89 bits per heavy atom. The Balaban J connectivity index is 2.34. The first-order valence-corrected chi connectivity index (χ1v) is 5.15. The van der Waals surface area contributed by atoms with Crippen molar-refractivity contribution < 1.29 is 18.4 Å². The van der Waals surface area contributed by atoms with Gasteiger partial charge in [-0.1, -0.05) is 6.07 Å². The van der Waals surface area contributed by atoms with Gasteiger partial charge in [-0.2, -0.15) is 4.39 Å². The van der Waals surface area contributed by atoms with Crippen molar-refractivity contribution in [1.29, 1.82) is 0 Å². The lowest BCUT2D eigenvalue weighted by Gasteiger charge is -2.09. The minimum Gasteiger partial charge on any atom is -0.452 e. The van der Waals surface area contributed by atoms with Gasteiger partial charge in [-0.05, 0) is 18.2 Å². The molecule has 0 saturated heterocycles. The summed E-state index contributed by atoms with van der Waals surface area (Å²) in [5, 5.41) is 10.5. The molecule has 0 atom stereocenters. The van der Waals surface area contributed by atoms with E-state index < -0.39 is 16.6 Å². The highest BCUT2D eigenvalue weighted by Crippen LogP contribution is 2.32. The number of non-ortho nitro benzene ring substituents is 1. The van der Waals surface area contributed by atoms with E-state index in [4.69, 9.17) is 10.5 Å². The fourth-order valence-electron chi connectivity index (χ4n) is 1.42. The van der Waals surface area contributed by atoms with Gasteiger partial charge in [0.25, 0.3) is 5.69 Å². The summed E-state index contributed by atoms with van der Waals surface area (Å²) in [6.45, 7) is 0. The van der Waals surface area contributed by atoms with E-state index in [1.165, 1.54) is 18.2 Å². The molecule has 0 heterocycles. The molecule has 2 aromatic carbocycles. The molecule has 2 N–H and O–H groups in total. The SMILES string of the molecule is Nc1cc([N+](=O)[O-])ccc1Oc1cccc(F)c1F. The Kier molecular flexibility index (Phi) is 3.28. The van der Waals surface area contributed by atoms with Crippen molar-refractivity contribution in [2.24, 2.45) is 0 Å². The van der Waals surface area contributed by atoms with Crippen LogP contribution in [0.3, 0.4) is 0 Å². The van der Waals surface area contributed by atoms with Gasteiger partial charge >= 0.3 is 0 Å². The van der Waals surface area contributed by atoms with Crippen LogP contribution >= 0.6 is 0 Å². The highest BCUT2D eigenvalue weighted by molar-refractivity contribution is 5.59. The minimum absolute atomic E-state index is 0.00935. The summed E-state index contributed by atoms with van der Waals surface area (Å²) in [6.07, 6.45) is 0. The van der Waals surface area contributed by atoms with Crippen LogP contribution in [0.1, 0.15) is 0 Å². The lowest BCUT2D eigenvalue weighted by Crippen LogP contribution is -1.97. The Bertz CT molecular complexity index is 647. The van der Waals surface area contributed by atoms with Crippen LogP contribution in [0.5, 0.6) is 11.5 Å². The van der Waals surface area contributed by atoms with Gasteiger partial charge < -0.3 is 10.5 Å². The summed E-state index contributed by atoms with van der Waals surface area (Å²) in [5.41, 5.74) is 5.29. The zero-order valence-electron chi connectivity index (χ0n) is 9.47. The summed E-state index contributed by atoms with van der Waals surface area (Å²) >= 11 is 0. The number of nitro benzene ring substituents is 1. The number of halogens is 2. The molecular weight excluding hydrogens is 258 g/mol. The first-order chi connectivity index (χ1) is 8.99. The number of nitrogens with zero attached hydrogens (tertiary/aromatic N) is 1. The van der Waals surface area contributed by atoms with Gasteiger partial charge in [-0.3, -0.25) is 10.1 Å². The predicted molar refractivity (Wildman–Crippen MR) is 63.9 cm³/mol. The molecule has 0 aromatic heterocycles. The molecule has 0 aliphatic carbocycles. The summed E-state index contributed by atoms with van der Waals surface area (Å²) in [4.78, 5) is 9.90. The van der Waals surface area contributed by atoms with Crippen molar-refractivity contribution in [3.05, 3.63) is 58.1 Å². The number of hydrogen-bond donors (Lipinski definition) is 1. The van der Waals surface area contributed by atoms with E-state index in [1.54, 1.807) is 0 Å². The van der Waals surface area contributed by atoms with Crippen LogP contribution in [-0.4, -0.2) is 4.92 Å². The van der Waals surface area contributed by atoms with Crippen LogP contribution in [0.15, 0.2) is 36.4 Å². The second-order valence-electron chi connectivity index (χ2n) is 3.63. The van der Waals surface area contributed by atoms with Crippen LogP contribution in [0, 0.1) is 21.7 Å². The van der Waals surface area contributed by atoms with E-state index in [-0.39, 0.29) is 22.9 Å². The van der Waals surface area contributed by atoms with Crippen molar-refractivity contribution in [3.63, 3.8) is 0 Å². The van der Waals surface area contributed by atoms with E-state index in [9.17, 15) is 18.9 Å². The molecule has 0 radical (unpaired) electrons. The summed E-state index contributed by atoms with van der Waals surface area (Å²) in [5.74, 6) is -2.55. The van der Waals surface area contributed by atoms with Gasteiger partial charge in [0.05, 0.1) is 10.6 Å². The number of rotatable bonds is 3. The van der Waals surface area contributed by atoms with Gasteiger partial charge in [0, 0.05) is 12.1 Å². The third kappa shape index (κ3) is 2.59. The highest BCUT2D eigenvalue weighted by atomic mass is 19.2. The van der Waals surface area contributed by atoms with Gasteiger partial charge in [0.1, 0.15) is 0 Å². The molecule has 19 heavy (non-hydrogen) atoms. The number of benzene rings is 2. The van der Waals surface area contributed by atoms with Crippen molar-refractivity contribution in [2.45, 2.75) is 0 Å². The first kappa shape index (κ1) is 12.7. The van der Waals surface area contributed by atoms with E-state index in [0.29, 0.717) is 0 Å². The number of ether oxygens (including phenoxy) is 1. The second-order valence-corrected chi connectivity index (χ2v) is 3.63. The first-order valence-electron chi connectivity index (χ1n) is 5.15. The third-order valence-corrected chi connectivity index (χ3v) is 2.34. The van der Waals surface area contributed by atoms with E-state index in [2.05, 4.69) is 0 Å². The van der Waals surface area contributed by atoms with Crippen molar-refractivity contribution in [3.8, 4) is 11.5 Å². The topological polar surface area (TPSA) is 78.4 Å². The molecular formula is C12H8F2N2O3. The lowest BCUT2D eigenvalue weighted by molar-refractivity contribution is -0.384. The molecule has 7 heteroatoms. The van der Waals surface area contributed by atoms with Crippen molar-refractivity contribution >= 4 is 11.4 Å². The number of anilines is 1. The van der Waals surface area contributed by atoms with Crippen LogP contribution in [0.4, 0.5) is 20.2 Å². The molecule has 2 aromatic rings. The van der Waals surface area contributed by atoms with Crippen LogP contribution in [-0.2, 0) is 0 Å². The van der Waals surface area contributed by atoms with Crippen LogP contribution in [0.25, 0.3) is 0 Å². The second kappa shape index (κ2) is 4.89.